The number of rotatable bonds is 4. The minimum atomic E-state index is -0.539. The fourth-order valence-electron chi connectivity index (χ4n) is 2.88. The summed E-state index contributed by atoms with van der Waals surface area (Å²) in [6.07, 6.45) is 2.62. The van der Waals surface area contributed by atoms with Crippen molar-refractivity contribution in [3.63, 3.8) is 0 Å². The standard InChI is InChI=1S/C19H18O4/c1-22-17(20)14-8-10-16(11-9-14)23-18(21)19(12-5-13-19)15-6-3-2-4-7-15/h2-4,6-11H,5,12-13H2,1H3. The molecule has 1 fully saturated rings. The first-order valence-corrected chi connectivity index (χ1v) is 7.62. The largest absolute Gasteiger partial charge is 0.465 e. The third-order valence-electron chi connectivity index (χ3n) is 4.41. The van der Waals surface area contributed by atoms with Crippen LogP contribution in [0.4, 0.5) is 0 Å². The molecule has 1 aliphatic carbocycles. The van der Waals surface area contributed by atoms with Crippen LogP contribution in [0.25, 0.3) is 0 Å². The van der Waals surface area contributed by atoms with Gasteiger partial charge >= 0.3 is 11.9 Å². The molecule has 0 unspecified atom stereocenters. The summed E-state index contributed by atoms with van der Waals surface area (Å²) in [5, 5.41) is 0. The Kier molecular flexibility index (Phi) is 4.15. The molecule has 0 bridgehead atoms. The van der Waals surface area contributed by atoms with Crippen LogP contribution in [0.15, 0.2) is 54.6 Å². The summed E-state index contributed by atoms with van der Waals surface area (Å²) in [5.41, 5.74) is 0.888. The van der Waals surface area contributed by atoms with Crippen molar-refractivity contribution in [2.45, 2.75) is 24.7 Å². The second kappa shape index (κ2) is 6.24. The monoisotopic (exact) mass is 310 g/mol. The zero-order valence-electron chi connectivity index (χ0n) is 13.0. The van der Waals surface area contributed by atoms with Gasteiger partial charge in [-0.2, -0.15) is 0 Å². The molecule has 3 rings (SSSR count). The number of benzene rings is 2. The molecule has 118 valence electrons. The van der Waals surface area contributed by atoms with Gasteiger partial charge in [-0.15, -0.1) is 0 Å². The maximum atomic E-state index is 12.7. The highest BCUT2D eigenvalue weighted by Gasteiger charge is 2.47. The highest BCUT2D eigenvalue weighted by Crippen LogP contribution is 2.44. The summed E-state index contributed by atoms with van der Waals surface area (Å²) in [6, 6.07) is 16.2. The molecule has 0 atom stereocenters. The number of esters is 2. The van der Waals surface area contributed by atoms with E-state index in [0.717, 1.165) is 24.8 Å². The molecule has 0 heterocycles. The summed E-state index contributed by atoms with van der Waals surface area (Å²) < 4.78 is 10.2. The number of ether oxygens (including phenoxy) is 2. The smallest absolute Gasteiger partial charge is 0.337 e. The molecule has 0 aliphatic heterocycles. The van der Waals surface area contributed by atoms with Crippen LogP contribution in [-0.4, -0.2) is 19.0 Å². The van der Waals surface area contributed by atoms with E-state index in [2.05, 4.69) is 4.74 Å². The molecule has 1 aliphatic rings. The first-order valence-electron chi connectivity index (χ1n) is 7.62. The summed E-state index contributed by atoms with van der Waals surface area (Å²) in [5.74, 6) is -0.215. The Bertz CT molecular complexity index is 700. The van der Waals surface area contributed by atoms with Gasteiger partial charge in [0, 0.05) is 0 Å². The van der Waals surface area contributed by atoms with Crippen LogP contribution in [0, 0.1) is 0 Å². The van der Waals surface area contributed by atoms with Gasteiger partial charge in [0.25, 0.3) is 0 Å². The molecular formula is C19H18O4. The summed E-state index contributed by atoms with van der Waals surface area (Å²) in [4.78, 5) is 24.1. The minimum Gasteiger partial charge on any atom is -0.465 e. The third-order valence-corrected chi connectivity index (χ3v) is 4.41. The minimum absolute atomic E-state index is 0.235. The highest BCUT2D eigenvalue weighted by atomic mass is 16.5. The number of hydrogen-bond acceptors (Lipinski definition) is 4. The quantitative estimate of drug-likeness (QED) is 0.640. The zero-order chi connectivity index (χ0) is 16.3. The van der Waals surface area contributed by atoms with Crippen molar-refractivity contribution in [1.29, 1.82) is 0 Å². The lowest BCUT2D eigenvalue weighted by Crippen LogP contribution is -2.45. The van der Waals surface area contributed by atoms with Gasteiger partial charge in [0.05, 0.1) is 18.1 Å². The normalized spacial score (nSPS) is 15.3. The number of carbonyl (C=O) groups excluding carboxylic acids is 2. The lowest BCUT2D eigenvalue weighted by molar-refractivity contribution is -0.144. The molecule has 1 saturated carbocycles. The van der Waals surface area contributed by atoms with Gasteiger partial charge in [-0.3, -0.25) is 4.79 Å². The number of hydrogen-bond donors (Lipinski definition) is 0. The molecule has 4 nitrogen and oxygen atoms in total. The first-order chi connectivity index (χ1) is 11.2. The lowest BCUT2D eigenvalue weighted by Gasteiger charge is -2.39. The van der Waals surface area contributed by atoms with Crippen molar-refractivity contribution in [3.8, 4) is 5.75 Å². The molecule has 0 radical (unpaired) electrons. The van der Waals surface area contributed by atoms with Crippen LogP contribution in [0.2, 0.25) is 0 Å². The van der Waals surface area contributed by atoms with Gasteiger partial charge in [0.2, 0.25) is 0 Å². The molecule has 2 aromatic rings. The SMILES string of the molecule is COC(=O)c1ccc(OC(=O)C2(c3ccccc3)CCC2)cc1. The average Bonchev–Trinajstić information content (AvgIpc) is 2.55. The van der Waals surface area contributed by atoms with Crippen LogP contribution in [0.3, 0.4) is 0 Å². The van der Waals surface area contributed by atoms with E-state index in [0.29, 0.717) is 11.3 Å². The fraction of sp³-hybridized carbons (Fsp3) is 0.263. The Morgan fingerprint density at radius 1 is 0.957 bits per heavy atom. The van der Waals surface area contributed by atoms with Crippen LogP contribution < -0.4 is 4.74 Å². The molecule has 0 aromatic heterocycles. The van der Waals surface area contributed by atoms with Crippen molar-refractivity contribution in [2.75, 3.05) is 7.11 Å². The van der Waals surface area contributed by atoms with E-state index in [1.807, 2.05) is 30.3 Å². The van der Waals surface area contributed by atoms with Gasteiger partial charge in [-0.25, -0.2) is 4.79 Å². The number of carbonyl (C=O) groups is 2. The van der Waals surface area contributed by atoms with Gasteiger partial charge in [-0.1, -0.05) is 36.8 Å². The van der Waals surface area contributed by atoms with Crippen LogP contribution in [0.5, 0.6) is 5.75 Å². The second-order valence-electron chi connectivity index (χ2n) is 5.71. The van der Waals surface area contributed by atoms with Crippen molar-refractivity contribution >= 4 is 11.9 Å². The second-order valence-corrected chi connectivity index (χ2v) is 5.71. The van der Waals surface area contributed by atoms with E-state index < -0.39 is 11.4 Å². The van der Waals surface area contributed by atoms with Crippen LogP contribution in [0.1, 0.15) is 35.2 Å². The highest BCUT2D eigenvalue weighted by molar-refractivity contribution is 5.90. The Labute approximate surface area is 135 Å². The summed E-state index contributed by atoms with van der Waals surface area (Å²) >= 11 is 0. The summed E-state index contributed by atoms with van der Waals surface area (Å²) in [6.45, 7) is 0. The van der Waals surface area contributed by atoms with Crippen molar-refractivity contribution in [3.05, 3.63) is 65.7 Å². The van der Waals surface area contributed by atoms with E-state index >= 15 is 0 Å². The van der Waals surface area contributed by atoms with Crippen LogP contribution in [-0.2, 0) is 14.9 Å². The number of methoxy groups -OCH3 is 1. The predicted molar refractivity (Wildman–Crippen MR) is 85.4 cm³/mol. The predicted octanol–water partition coefficient (Wildman–Crippen LogP) is 3.50. The zero-order valence-corrected chi connectivity index (χ0v) is 13.0. The van der Waals surface area contributed by atoms with Gasteiger partial charge < -0.3 is 9.47 Å². The Morgan fingerprint density at radius 2 is 1.61 bits per heavy atom. The molecule has 0 N–H and O–H groups in total. The summed E-state index contributed by atoms with van der Waals surface area (Å²) in [7, 11) is 1.33. The van der Waals surface area contributed by atoms with Crippen molar-refractivity contribution in [2.24, 2.45) is 0 Å². The maximum absolute atomic E-state index is 12.7. The molecular weight excluding hydrogens is 292 g/mol. The molecule has 0 spiro atoms. The Hall–Kier alpha value is -2.62. The molecule has 0 saturated heterocycles. The molecule has 23 heavy (non-hydrogen) atoms. The van der Waals surface area contributed by atoms with Crippen LogP contribution >= 0.6 is 0 Å². The average molecular weight is 310 g/mol. The van der Waals surface area contributed by atoms with Gasteiger partial charge in [0.15, 0.2) is 0 Å². The maximum Gasteiger partial charge on any atom is 0.337 e. The Morgan fingerprint density at radius 3 is 2.13 bits per heavy atom. The first kappa shape index (κ1) is 15.3. The fourth-order valence-corrected chi connectivity index (χ4v) is 2.88. The molecule has 2 aromatic carbocycles. The van der Waals surface area contributed by atoms with E-state index in [4.69, 9.17) is 4.74 Å². The molecule has 0 amide bonds. The topological polar surface area (TPSA) is 52.6 Å². The van der Waals surface area contributed by atoms with E-state index in [1.165, 1.54) is 7.11 Å². The third kappa shape index (κ3) is 2.84. The van der Waals surface area contributed by atoms with Crippen molar-refractivity contribution in [1.82, 2.24) is 0 Å². The van der Waals surface area contributed by atoms with Gasteiger partial charge in [-0.05, 0) is 42.7 Å². The van der Waals surface area contributed by atoms with E-state index in [-0.39, 0.29) is 5.97 Å². The lowest BCUT2D eigenvalue weighted by atomic mass is 9.64. The van der Waals surface area contributed by atoms with Gasteiger partial charge in [0.1, 0.15) is 5.75 Å². The Balaban J connectivity index is 1.77. The molecule has 4 heteroatoms. The van der Waals surface area contributed by atoms with E-state index in [9.17, 15) is 9.59 Å². The van der Waals surface area contributed by atoms with E-state index in [1.54, 1.807) is 24.3 Å². The van der Waals surface area contributed by atoms with Crippen molar-refractivity contribution < 1.29 is 19.1 Å².